The molecule has 21 heavy (non-hydrogen) atoms. The van der Waals surface area contributed by atoms with E-state index < -0.39 is 11.6 Å². The molecule has 0 fully saturated rings. The van der Waals surface area contributed by atoms with Gasteiger partial charge in [-0.15, -0.1) is 0 Å². The van der Waals surface area contributed by atoms with Gasteiger partial charge in [-0.05, 0) is 25.1 Å². The zero-order valence-corrected chi connectivity index (χ0v) is 11.9. The van der Waals surface area contributed by atoms with E-state index >= 15 is 0 Å². The van der Waals surface area contributed by atoms with Crippen LogP contribution in [0.1, 0.15) is 24.1 Å². The lowest BCUT2D eigenvalue weighted by atomic mass is 10.1. The first kappa shape index (κ1) is 15.3. The van der Waals surface area contributed by atoms with E-state index in [4.69, 9.17) is 15.2 Å². The van der Waals surface area contributed by atoms with E-state index in [1.807, 2.05) is 6.92 Å². The van der Waals surface area contributed by atoms with Gasteiger partial charge in [-0.2, -0.15) is 0 Å². The maximum absolute atomic E-state index is 13.6. The average Bonchev–Trinajstić information content (AvgIpc) is 2.45. The maximum Gasteiger partial charge on any atom is 0.132 e. The van der Waals surface area contributed by atoms with E-state index in [0.29, 0.717) is 11.5 Å². The third kappa shape index (κ3) is 3.70. The van der Waals surface area contributed by atoms with Gasteiger partial charge < -0.3 is 15.2 Å². The molecule has 0 spiro atoms. The molecule has 0 bridgehead atoms. The molecule has 0 aliphatic heterocycles. The van der Waals surface area contributed by atoms with E-state index in [1.54, 1.807) is 25.3 Å². The van der Waals surface area contributed by atoms with Gasteiger partial charge in [0.1, 0.15) is 29.7 Å². The topological polar surface area (TPSA) is 44.5 Å². The highest BCUT2D eigenvalue weighted by Gasteiger charge is 2.11. The molecule has 0 aromatic heterocycles. The largest absolute Gasteiger partial charge is 0.497 e. The van der Waals surface area contributed by atoms with Crippen molar-refractivity contribution >= 4 is 0 Å². The van der Waals surface area contributed by atoms with E-state index in [9.17, 15) is 8.78 Å². The van der Waals surface area contributed by atoms with Crippen molar-refractivity contribution in [1.29, 1.82) is 0 Å². The van der Waals surface area contributed by atoms with Gasteiger partial charge in [0.05, 0.1) is 7.11 Å². The highest BCUT2D eigenvalue weighted by Crippen LogP contribution is 2.29. The van der Waals surface area contributed by atoms with E-state index in [1.165, 1.54) is 12.1 Å². The zero-order valence-electron chi connectivity index (χ0n) is 11.9. The van der Waals surface area contributed by atoms with Crippen LogP contribution in [0, 0.1) is 11.6 Å². The first-order valence-electron chi connectivity index (χ1n) is 6.51. The molecule has 112 valence electrons. The molecule has 0 aliphatic rings. The van der Waals surface area contributed by atoms with Crippen LogP contribution in [0.3, 0.4) is 0 Å². The molecule has 2 aromatic carbocycles. The predicted molar refractivity (Wildman–Crippen MR) is 76.3 cm³/mol. The van der Waals surface area contributed by atoms with E-state index in [2.05, 4.69) is 0 Å². The molecule has 2 rings (SSSR count). The number of rotatable bonds is 5. The molecule has 5 heteroatoms. The number of hydrogen-bond donors (Lipinski definition) is 1. The van der Waals surface area contributed by atoms with Gasteiger partial charge in [-0.3, -0.25) is 0 Å². The standard InChI is InChI=1S/C16H17F2NO2/c1-10(19)14-6-5-13(20-2)8-16(14)21-9-11-3-4-12(17)7-15(11)18/h3-8,10H,9,19H2,1-2H3. The second-order valence-electron chi connectivity index (χ2n) is 4.72. The number of hydrogen-bond acceptors (Lipinski definition) is 3. The number of benzene rings is 2. The Labute approximate surface area is 122 Å². The molecular formula is C16H17F2NO2. The molecule has 0 radical (unpaired) electrons. The van der Waals surface area contributed by atoms with E-state index in [-0.39, 0.29) is 18.2 Å². The summed E-state index contributed by atoms with van der Waals surface area (Å²) in [4.78, 5) is 0. The fourth-order valence-corrected chi connectivity index (χ4v) is 1.94. The van der Waals surface area contributed by atoms with Crippen molar-refractivity contribution in [3.8, 4) is 11.5 Å². The average molecular weight is 293 g/mol. The van der Waals surface area contributed by atoms with Crippen molar-refractivity contribution in [2.45, 2.75) is 19.6 Å². The summed E-state index contributed by atoms with van der Waals surface area (Å²) in [5.74, 6) is -0.115. The third-order valence-electron chi connectivity index (χ3n) is 3.11. The van der Waals surface area contributed by atoms with Crippen molar-refractivity contribution in [1.82, 2.24) is 0 Å². The Morgan fingerprint density at radius 2 is 1.90 bits per heavy atom. The number of nitrogens with two attached hydrogens (primary N) is 1. The highest BCUT2D eigenvalue weighted by molar-refractivity contribution is 5.42. The summed E-state index contributed by atoms with van der Waals surface area (Å²) in [5.41, 5.74) is 6.94. The first-order chi connectivity index (χ1) is 10.0. The summed E-state index contributed by atoms with van der Waals surface area (Å²) in [7, 11) is 1.55. The van der Waals surface area contributed by atoms with Gasteiger partial charge in [-0.1, -0.05) is 6.07 Å². The van der Waals surface area contributed by atoms with Crippen LogP contribution in [0.25, 0.3) is 0 Å². The SMILES string of the molecule is COc1ccc(C(C)N)c(OCc2ccc(F)cc2F)c1. The Morgan fingerprint density at radius 3 is 2.52 bits per heavy atom. The second-order valence-corrected chi connectivity index (χ2v) is 4.72. The molecule has 3 nitrogen and oxygen atoms in total. The van der Waals surface area contributed by atoms with Gasteiger partial charge in [-0.25, -0.2) is 8.78 Å². The van der Waals surface area contributed by atoms with Crippen LogP contribution < -0.4 is 15.2 Å². The summed E-state index contributed by atoms with van der Waals surface area (Å²) in [6, 6.07) is 8.43. The molecule has 1 atom stereocenters. The summed E-state index contributed by atoms with van der Waals surface area (Å²) >= 11 is 0. The van der Waals surface area contributed by atoms with Crippen LogP contribution in [-0.4, -0.2) is 7.11 Å². The summed E-state index contributed by atoms with van der Waals surface area (Å²) in [6.07, 6.45) is 0. The Balaban J connectivity index is 2.22. The summed E-state index contributed by atoms with van der Waals surface area (Å²) in [5, 5.41) is 0. The Kier molecular flexibility index (Phi) is 4.75. The number of methoxy groups -OCH3 is 1. The lowest BCUT2D eigenvalue weighted by Gasteiger charge is -2.15. The van der Waals surface area contributed by atoms with Gasteiger partial charge in [0.25, 0.3) is 0 Å². The lowest BCUT2D eigenvalue weighted by Crippen LogP contribution is -2.08. The quantitative estimate of drug-likeness (QED) is 0.916. The fraction of sp³-hybridized carbons (Fsp3) is 0.250. The highest BCUT2D eigenvalue weighted by atomic mass is 19.1. The number of halogens is 2. The minimum Gasteiger partial charge on any atom is -0.497 e. The second kappa shape index (κ2) is 6.54. The third-order valence-corrected chi connectivity index (χ3v) is 3.11. The molecule has 2 N–H and O–H groups in total. The zero-order chi connectivity index (χ0) is 15.4. The minimum atomic E-state index is -0.639. The molecule has 0 aliphatic carbocycles. The van der Waals surface area contributed by atoms with Gasteiger partial charge in [0.2, 0.25) is 0 Å². The number of ether oxygens (including phenoxy) is 2. The van der Waals surface area contributed by atoms with Crippen LogP contribution in [0.15, 0.2) is 36.4 Å². The Morgan fingerprint density at radius 1 is 1.14 bits per heavy atom. The normalized spacial score (nSPS) is 12.0. The fourth-order valence-electron chi connectivity index (χ4n) is 1.94. The van der Waals surface area contributed by atoms with Crippen LogP contribution in [0.2, 0.25) is 0 Å². The molecule has 0 amide bonds. The van der Waals surface area contributed by atoms with Crippen molar-refractivity contribution in [2.75, 3.05) is 7.11 Å². The Hall–Kier alpha value is -2.14. The first-order valence-corrected chi connectivity index (χ1v) is 6.51. The molecule has 0 saturated heterocycles. The van der Waals surface area contributed by atoms with Crippen molar-refractivity contribution in [3.63, 3.8) is 0 Å². The monoisotopic (exact) mass is 293 g/mol. The lowest BCUT2D eigenvalue weighted by molar-refractivity contribution is 0.292. The summed E-state index contributed by atoms with van der Waals surface area (Å²) < 4.78 is 37.2. The van der Waals surface area contributed by atoms with Crippen molar-refractivity contribution in [2.24, 2.45) is 5.73 Å². The van der Waals surface area contributed by atoms with Crippen LogP contribution in [0.5, 0.6) is 11.5 Å². The van der Waals surface area contributed by atoms with Crippen molar-refractivity contribution < 1.29 is 18.3 Å². The molecule has 1 unspecified atom stereocenters. The molecule has 0 heterocycles. The van der Waals surface area contributed by atoms with Crippen LogP contribution in [0.4, 0.5) is 8.78 Å². The molecule has 2 aromatic rings. The summed E-state index contributed by atoms with van der Waals surface area (Å²) in [6.45, 7) is 1.81. The van der Waals surface area contributed by atoms with Gasteiger partial charge in [0, 0.05) is 29.3 Å². The van der Waals surface area contributed by atoms with Crippen LogP contribution >= 0.6 is 0 Å². The molecule has 0 saturated carbocycles. The maximum atomic E-state index is 13.6. The minimum absolute atomic E-state index is 0.0149. The smallest absolute Gasteiger partial charge is 0.132 e. The van der Waals surface area contributed by atoms with Crippen LogP contribution in [-0.2, 0) is 6.61 Å². The predicted octanol–water partition coefficient (Wildman–Crippen LogP) is 3.57. The van der Waals surface area contributed by atoms with E-state index in [0.717, 1.165) is 11.6 Å². The Bertz CT molecular complexity index is 630. The van der Waals surface area contributed by atoms with Gasteiger partial charge >= 0.3 is 0 Å². The van der Waals surface area contributed by atoms with Crippen molar-refractivity contribution in [3.05, 3.63) is 59.2 Å². The van der Waals surface area contributed by atoms with Gasteiger partial charge in [0.15, 0.2) is 0 Å². The molecular weight excluding hydrogens is 276 g/mol.